The van der Waals surface area contributed by atoms with Crippen molar-refractivity contribution < 1.29 is 14.3 Å². The molecule has 0 aliphatic heterocycles. The molecule has 0 heterocycles. The molecule has 1 amide bonds. The fourth-order valence-electron chi connectivity index (χ4n) is 4.03. The molecule has 3 atom stereocenters. The van der Waals surface area contributed by atoms with E-state index in [-0.39, 0.29) is 21.9 Å². The first kappa shape index (κ1) is 16.0. The minimum Gasteiger partial charge on any atom is -0.385 e. The second-order valence-corrected chi connectivity index (χ2v) is 7.67. The van der Waals surface area contributed by atoms with Gasteiger partial charge in [0.15, 0.2) is 5.78 Å². The number of ketones is 1. The normalized spacial score (nSPS) is 38.2. The highest BCUT2D eigenvalue weighted by atomic mass is 79.9. The summed E-state index contributed by atoms with van der Waals surface area (Å²) in [5.41, 5.74) is -1.34. The van der Waals surface area contributed by atoms with Gasteiger partial charge in [-0.05, 0) is 24.7 Å². The van der Waals surface area contributed by atoms with Crippen molar-refractivity contribution in [3.8, 4) is 0 Å². The van der Waals surface area contributed by atoms with Crippen molar-refractivity contribution in [1.29, 1.82) is 0 Å². The van der Waals surface area contributed by atoms with Crippen LogP contribution in [0.1, 0.15) is 40.0 Å². The van der Waals surface area contributed by atoms with Crippen molar-refractivity contribution in [2.45, 2.75) is 44.9 Å². The Kier molecular flexibility index (Phi) is 4.06. The zero-order chi connectivity index (χ0) is 15.2. The third-order valence-electron chi connectivity index (χ3n) is 5.94. The first-order valence-electron chi connectivity index (χ1n) is 7.21. The molecule has 0 unspecified atom stereocenters. The highest BCUT2D eigenvalue weighted by molar-refractivity contribution is 9.10. The van der Waals surface area contributed by atoms with E-state index in [4.69, 9.17) is 4.74 Å². The van der Waals surface area contributed by atoms with Crippen molar-refractivity contribution in [2.75, 3.05) is 20.3 Å². The summed E-state index contributed by atoms with van der Waals surface area (Å²) in [6.45, 7) is 7.36. The molecule has 0 saturated heterocycles. The van der Waals surface area contributed by atoms with Gasteiger partial charge in [-0.25, -0.2) is 0 Å². The van der Waals surface area contributed by atoms with Gasteiger partial charge in [0.2, 0.25) is 5.91 Å². The first-order valence-corrected chi connectivity index (χ1v) is 8.13. The van der Waals surface area contributed by atoms with Gasteiger partial charge in [-0.15, -0.1) is 0 Å². The third-order valence-corrected chi connectivity index (χ3v) is 7.13. The van der Waals surface area contributed by atoms with E-state index in [0.29, 0.717) is 13.2 Å². The molecule has 0 spiro atoms. The van der Waals surface area contributed by atoms with Crippen molar-refractivity contribution in [3.63, 3.8) is 0 Å². The highest BCUT2D eigenvalue weighted by Crippen LogP contribution is 2.72. The zero-order valence-corrected chi connectivity index (χ0v) is 14.3. The van der Waals surface area contributed by atoms with E-state index < -0.39 is 10.8 Å². The number of methoxy groups -OCH3 is 1. The molecular formula is C15H24BrNO3. The first-order chi connectivity index (χ1) is 9.25. The maximum Gasteiger partial charge on any atom is 0.228 e. The van der Waals surface area contributed by atoms with Crippen molar-refractivity contribution in [3.05, 3.63) is 0 Å². The lowest BCUT2D eigenvalue weighted by Gasteiger charge is -2.39. The fraction of sp³-hybridized carbons (Fsp3) is 0.867. The Labute approximate surface area is 129 Å². The minimum atomic E-state index is -0.619. The van der Waals surface area contributed by atoms with Crippen LogP contribution in [0.25, 0.3) is 0 Å². The van der Waals surface area contributed by atoms with Gasteiger partial charge in [0.25, 0.3) is 0 Å². The van der Waals surface area contributed by atoms with Gasteiger partial charge in [0.1, 0.15) is 0 Å². The van der Waals surface area contributed by atoms with E-state index in [2.05, 4.69) is 35.1 Å². The Balaban J connectivity index is 2.21. The summed E-state index contributed by atoms with van der Waals surface area (Å²) in [7, 11) is 1.65. The molecule has 114 valence electrons. The maximum atomic E-state index is 12.8. The van der Waals surface area contributed by atoms with Crippen LogP contribution in [0.5, 0.6) is 0 Å². The number of halogens is 1. The number of Topliss-reactive ketones (excluding diaryl/α,β-unsaturated/α-hetero) is 1. The predicted molar refractivity (Wildman–Crippen MR) is 80.8 cm³/mol. The number of hydrogen-bond acceptors (Lipinski definition) is 3. The third kappa shape index (κ3) is 1.75. The Morgan fingerprint density at radius 2 is 2.05 bits per heavy atom. The maximum absolute atomic E-state index is 12.8. The summed E-state index contributed by atoms with van der Waals surface area (Å²) in [5, 5.41) is 3.00. The second kappa shape index (κ2) is 5.09. The highest BCUT2D eigenvalue weighted by Gasteiger charge is 2.76. The van der Waals surface area contributed by atoms with Gasteiger partial charge in [-0.1, -0.05) is 36.7 Å². The van der Waals surface area contributed by atoms with Crippen LogP contribution in [0, 0.1) is 16.2 Å². The number of carbonyl (C=O) groups excluding carboxylic acids is 2. The van der Waals surface area contributed by atoms with Gasteiger partial charge in [0.05, 0.1) is 10.2 Å². The molecule has 20 heavy (non-hydrogen) atoms. The lowest BCUT2D eigenvalue weighted by molar-refractivity contribution is -0.135. The van der Waals surface area contributed by atoms with Crippen LogP contribution in [0.2, 0.25) is 0 Å². The van der Waals surface area contributed by atoms with E-state index in [1.807, 2.05) is 6.92 Å². The fourth-order valence-corrected chi connectivity index (χ4v) is 5.55. The molecule has 2 rings (SSSR count). The monoisotopic (exact) mass is 345 g/mol. The molecule has 0 aromatic heterocycles. The van der Waals surface area contributed by atoms with Crippen LogP contribution in [0.15, 0.2) is 0 Å². The van der Waals surface area contributed by atoms with Crippen molar-refractivity contribution in [1.82, 2.24) is 5.32 Å². The summed E-state index contributed by atoms with van der Waals surface area (Å²) in [6.07, 6.45) is 2.36. The molecule has 0 radical (unpaired) electrons. The Morgan fingerprint density at radius 1 is 1.40 bits per heavy atom. The predicted octanol–water partition coefficient (Wildman–Crippen LogP) is 2.30. The van der Waals surface area contributed by atoms with Gasteiger partial charge in [0, 0.05) is 25.7 Å². The van der Waals surface area contributed by atoms with Crippen LogP contribution in [0.4, 0.5) is 0 Å². The Hall–Kier alpha value is -0.420. The number of fused-ring (bicyclic) bond motifs is 2. The summed E-state index contributed by atoms with van der Waals surface area (Å²) in [4.78, 5) is 24.9. The smallest absolute Gasteiger partial charge is 0.228 e. The molecule has 2 saturated carbocycles. The molecule has 2 bridgehead atoms. The van der Waals surface area contributed by atoms with Gasteiger partial charge in [-0.2, -0.15) is 0 Å². The number of rotatable bonds is 5. The van der Waals surface area contributed by atoms with Crippen LogP contribution in [0.3, 0.4) is 0 Å². The summed E-state index contributed by atoms with van der Waals surface area (Å²) < 4.78 is 4.99. The topological polar surface area (TPSA) is 55.4 Å². The average Bonchev–Trinajstić information content (AvgIpc) is 2.67. The van der Waals surface area contributed by atoms with Gasteiger partial charge >= 0.3 is 0 Å². The standard InChI is InChI=1S/C15H24BrNO3/c1-13(2)14(3)6-7-15(13,10(16)11(14)18)12(19)17-8-5-9-20-4/h10H,5-9H2,1-4H3,(H,17,19)/t10-,14+,15-/m1/s1. The van der Waals surface area contributed by atoms with E-state index in [1.165, 1.54) is 0 Å². The van der Waals surface area contributed by atoms with Crippen molar-refractivity contribution >= 4 is 27.6 Å². The molecule has 4 nitrogen and oxygen atoms in total. The lowest BCUT2D eigenvalue weighted by atomic mass is 9.64. The average molecular weight is 346 g/mol. The molecule has 0 aromatic carbocycles. The van der Waals surface area contributed by atoms with E-state index in [9.17, 15) is 9.59 Å². The molecule has 5 heteroatoms. The lowest BCUT2D eigenvalue weighted by Crippen LogP contribution is -2.51. The molecular weight excluding hydrogens is 322 g/mol. The Bertz CT molecular complexity index is 437. The number of nitrogens with one attached hydrogen (secondary N) is 1. The van der Waals surface area contributed by atoms with E-state index in [0.717, 1.165) is 19.3 Å². The van der Waals surface area contributed by atoms with Gasteiger partial charge in [-0.3, -0.25) is 9.59 Å². The number of hydrogen-bond donors (Lipinski definition) is 1. The minimum absolute atomic E-state index is 0.00931. The van der Waals surface area contributed by atoms with E-state index >= 15 is 0 Å². The second-order valence-electron chi connectivity index (χ2n) is 6.76. The zero-order valence-electron chi connectivity index (χ0n) is 12.7. The summed E-state index contributed by atoms with van der Waals surface area (Å²) in [5.74, 6) is 0.191. The SMILES string of the molecule is COCCCNC(=O)[C@@]12CC[C@@](C)(C(=O)[C@H]1Br)C2(C)C. The number of carbonyl (C=O) groups is 2. The summed E-state index contributed by atoms with van der Waals surface area (Å²) >= 11 is 3.52. The Morgan fingerprint density at radius 3 is 2.55 bits per heavy atom. The number of alkyl halides is 1. The van der Waals surface area contributed by atoms with Crippen LogP contribution in [-0.4, -0.2) is 36.8 Å². The quantitative estimate of drug-likeness (QED) is 0.614. The molecule has 2 aliphatic rings. The van der Waals surface area contributed by atoms with Gasteiger partial charge < -0.3 is 10.1 Å². The van der Waals surface area contributed by atoms with Crippen LogP contribution in [-0.2, 0) is 14.3 Å². The molecule has 2 fully saturated rings. The number of amides is 1. The van der Waals surface area contributed by atoms with Crippen molar-refractivity contribution in [2.24, 2.45) is 16.2 Å². The number of ether oxygens (including phenoxy) is 1. The molecule has 0 aromatic rings. The van der Waals surface area contributed by atoms with Crippen LogP contribution >= 0.6 is 15.9 Å². The van der Waals surface area contributed by atoms with Crippen LogP contribution < -0.4 is 5.32 Å². The largest absolute Gasteiger partial charge is 0.385 e. The summed E-state index contributed by atoms with van der Waals surface area (Å²) in [6, 6.07) is 0. The van der Waals surface area contributed by atoms with E-state index in [1.54, 1.807) is 7.11 Å². The molecule has 2 aliphatic carbocycles. The molecule has 1 N–H and O–H groups in total.